The SMILES string of the molecule is CN.N/C(=N/O)c1nccc2nc(-c3ccc(Cl)cc3)c(-c3ccccc3)cc12. The van der Waals surface area contributed by atoms with Crippen LogP contribution < -0.4 is 11.5 Å². The number of oxime groups is 1. The average Bonchev–Trinajstić information content (AvgIpc) is 2.79. The molecule has 0 unspecified atom stereocenters. The molecule has 0 amide bonds. The van der Waals surface area contributed by atoms with E-state index >= 15 is 0 Å². The molecular weight excluding hydrogens is 386 g/mol. The molecule has 0 aliphatic heterocycles. The highest BCUT2D eigenvalue weighted by Crippen LogP contribution is 2.34. The highest BCUT2D eigenvalue weighted by molar-refractivity contribution is 6.30. The van der Waals surface area contributed by atoms with Gasteiger partial charge in [-0.2, -0.15) is 0 Å². The Kier molecular flexibility index (Phi) is 6.39. The molecule has 0 spiro atoms. The first kappa shape index (κ1) is 20.3. The van der Waals surface area contributed by atoms with Crippen LogP contribution in [0.1, 0.15) is 5.69 Å². The molecule has 2 aromatic carbocycles. The molecule has 0 saturated heterocycles. The lowest BCUT2D eigenvalue weighted by Crippen LogP contribution is -2.15. The van der Waals surface area contributed by atoms with Gasteiger partial charge in [0.05, 0.1) is 11.2 Å². The summed E-state index contributed by atoms with van der Waals surface area (Å²) in [6.45, 7) is 0. The molecule has 0 fully saturated rings. The third-order valence-corrected chi connectivity index (χ3v) is 4.55. The van der Waals surface area contributed by atoms with Gasteiger partial charge in [0.1, 0.15) is 5.69 Å². The fraction of sp³-hybridized carbons (Fsp3) is 0.0455. The second-order valence-corrected chi connectivity index (χ2v) is 6.41. The van der Waals surface area contributed by atoms with Gasteiger partial charge in [-0.25, -0.2) is 4.98 Å². The summed E-state index contributed by atoms with van der Waals surface area (Å²) in [6.07, 6.45) is 1.59. The minimum Gasteiger partial charge on any atom is -0.409 e. The Hall–Kier alpha value is -3.48. The van der Waals surface area contributed by atoms with Crippen LogP contribution in [0, 0.1) is 0 Å². The van der Waals surface area contributed by atoms with Crippen LogP contribution in [0.4, 0.5) is 0 Å². The van der Waals surface area contributed by atoms with Crippen molar-refractivity contribution in [3.63, 3.8) is 0 Å². The van der Waals surface area contributed by atoms with E-state index in [1.807, 2.05) is 60.7 Å². The number of fused-ring (bicyclic) bond motifs is 1. The Morgan fingerprint density at radius 3 is 2.31 bits per heavy atom. The van der Waals surface area contributed by atoms with E-state index in [-0.39, 0.29) is 5.84 Å². The first-order chi connectivity index (χ1) is 14.2. The lowest BCUT2D eigenvalue weighted by molar-refractivity contribution is 0.318. The van der Waals surface area contributed by atoms with E-state index in [1.54, 1.807) is 12.3 Å². The molecule has 6 nitrogen and oxygen atoms in total. The molecule has 0 aliphatic rings. The largest absolute Gasteiger partial charge is 0.409 e. The number of halogens is 1. The number of pyridine rings is 2. The molecule has 2 aromatic heterocycles. The Labute approximate surface area is 173 Å². The summed E-state index contributed by atoms with van der Waals surface area (Å²) >= 11 is 6.04. The van der Waals surface area contributed by atoms with E-state index in [1.165, 1.54) is 7.05 Å². The van der Waals surface area contributed by atoms with Crippen molar-refractivity contribution in [2.45, 2.75) is 0 Å². The lowest BCUT2D eigenvalue weighted by atomic mass is 9.97. The number of hydrogen-bond donors (Lipinski definition) is 3. The van der Waals surface area contributed by atoms with Crippen LogP contribution in [0.5, 0.6) is 0 Å². The van der Waals surface area contributed by atoms with E-state index < -0.39 is 0 Å². The molecule has 146 valence electrons. The van der Waals surface area contributed by atoms with Crippen molar-refractivity contribution in [2.24, 2.45) is 16.6 Å². The van der Waals surface area contributed by atoms with E-state index in [0.717, 1.165) is 22.4 Å². The van der Waals surface area contributed by atoms with Crippen molar-refractivity contribution in [2.75, 3.05) is 7.05 Å². The third-order valence-electron chi connectivity index (χ3n) is 4.30. The van der Waals surface area contributed by atoms with Gasteiger partial charge in [-0.3, -0.25) is 4.98 Å². The molecule has 2 heterocycles. The van der Waals surface area contributed by atoms with E-state index in [0.29, 0.717) is 21.6 Å². The van der Waals surface area contributed by atoms with Gasteiger partial charge < -0.3 is 16.7 Å². The lowest BCUT2D eigenvalue weighted by Gasteiger charge is -2.13. The predicted molar refractivity (Wildman–Crippen MR) is 118 cm³/mol. The van der Waals surface area contributed by atoms with E-state index in [2.05, 4.69) is 15.9 Å². The van der Waals surface area contributed by atoms with E-state index in [9.17, 15) is 0 Å². The second-order valence-electron chi connectivity index (χ2n) is 5.97. The summed E-state index contributed by atoms with van der Waals surface area (Å²) in [5.74, 6) is -0.0549. The Morgan fingerprint density at radius 2 is 1.66 bits per heavy atom. The standard InChI is InChI=1S/C21H15ClN4O.CH5N/c22-15-8-6-14(7-9-15)19-16(13-4-2-1-3-5-13)12-17-18(25-19)10-11-24-20(17)21(23)26-27;1-2/h1-12,27H,(H2,23,26);2H2,1H3. The number of hydrogen-bond acceptors (Lipinski definition) is 5. The van der Waals surface area contributed by atoms with Crippen LogP contribution in [0.25, 0.3) is 33.3 Å². The van der Waals surface area contributed by atoms with Crippen LogP contribution in [0.15, 0.2) is 78.1 Å². The monoisotopic (exact) mass is 405 g/mol. The fourth-order valence-electron chi connectivity index (χ4n) is 3.01. The number of nitrogens with zero attached hydrogens (tertiary/aromatic N) is 3. The van der Waals surface area contributed by atoms with Crippen molar-refractivity contribution in [1.82, 2.24) is 9.97 Å². The summed E-state index contributed by atoms with van der Waals surface area (Å²) in [7, 11) is 1.50. The van der Waals surface area contributed by atoms with Crippen molar-refractivity contribution in [3.8, 4) is 22.4 Å². The molecule has 7 heteroatoms. The highest BCUT2D eigenvalue weighted by atomic mass is 35.5. The molecular formula is C22H20ClN5O. The first-order valence-electron chi connectivity index (χ1n) is 8.84. The zero-order valence-electron chi connectivity index (χ0n) is 15.7. The minimum absolute atomic E-state index is 0.0549. The van der Waals surface area contributed by atoms with Gasteiger partial charge in [-0.05, 0) is 36.9 Å². The Bertz CT molecular complexity index is 1150. The topological polar surface area (TPSA) is 110 Å². The zero-order chi connectivity index (χ0) is 20.8. The first-order valence-corrected chi connectivity index (χ1v) is 9.22. The maximum absolute atomic E-state index is 9.08. The summed E-state index contributed by atoms with van der Waals surface area (Å²) in [5, 5.41) is 13.6. The molecule has 4 rings (SSSR count). The zero-order valence-corrected chi connectivity index (χ0v) is 16.5. The maximum Gasteiger partial charge on any atom is 0.189 e. The number of aromatic nitrogens is 2. The van der Waals surface area contributed by atoms with Gasteiger partial charge in [0.2, 0.25) is 0 Å². The quantitative estimate of drug-likeness (QED) is 0.204. The van der Waals surface area contributed by atoms with E-state index in [4.69, 9.17) is 27.5 Å². The van der Waals surface area contributed by atoms with Gasteiger partial charge in [-0.1, -0.05) is 59.2 Å². The molecule has 0 aliphatic carbocycles. The number of nitrogens with two attached hydrogens (primary N) is 2. The van der Waals surface area contributed by atoms with Gasteiger partial charge in [0.15, 0.2) is 5.84 Å². The van der Waals surface area contributed by atoms with Crippen molar-refractivity contribution in [1.29, 1.82) is 0 Å². The molecule has 0 radical (unpaired) electrons. The second kappa shape index (κ2) is 9.14. The predicted octanol–water partition coefficient (Wildman–Crippen LogP) is 4.29. The molecule has 5 N–H and O–H groups in total. The Balaban J connectivity index is 0.00000117. The Morgan fingerprint density at radius 1 is 0.966 bits per heavy atom. The number of amidine groups is 1. The summed E-state index contributed by atoms with van der Waals surface area (Å²) in [5.41, 5.74) is 15.1. The summed E-state index contributed by atoms with van der Waals surface area (Å²) < 4.78 is 0. The maximum atomic E-state index is 9.08. The third kappa shape index (κ3) is 4.18. The van der Waals surface area contributed by atoms with Crippen molar-refractivity contribution in [3.05, 3.63) is 83.6 Å². The smallest absolute Gasteiger partial charge is 0.189 e. The van der Waals surface area contributed by atoms with Crippen molar-refractivity contribution >= 4 is 28.3 Å². The van der Waals surface area contributed by atoms with Crippen molar-refractivity contribution < 1.29 is 5.21 Å². The van der Waals surface area contributed by atoms with Gasteiger partial charge in [0.25, 0.3) is 0 Å². The van der Waals surface area contributed by atoms with Crippen LogP contribution in [0.2, 0.25) is 5.02 Å². The molecule has 29 heavy (non-hydrogen) atoms. The minimum atomic E-state index is -0.0549. The van der Waals surface area contributed by atoms with Crippen LogP contribution >= 0.6 is 11.6 Å². The number of benzene rings is 2. The molecule has 4 aromatic rings. The molecule has 0 saturated carbocycles. The van der Waals surface area contributed by atoms with Crippen LogP contribution in [-0.2, 0) is 0 Å². The van der Waals surface area contributed by atoms with Crippen LogP contribution in [0.3, 0.4) is 0 Å². The normalized spacial score (nSPS) is 11.1. The highest BCUT2D eigenvalue weighted by Gasteiger charge is 2.15. The molecule has 0 atom stereocenters. The summed E-state index contributed by atoms with van der Waals surface area (Å²) in [4.78, 5) is 9.11. The van der Waals surface area contributed by atoms with Crippen LogP contribution in [-0.4, -0.2) is 28.1 Å². The number of rotatable bonds is 3. The average molecular weight is 406 g/mol. The summed E-state index contributed by atoms with van der Waals surface area (Å²) in [6, 6.07) is 21.3. The van der Waals surface area contributed by atoms with Gasteiger partial charge >= 0.3 is 0 Å². The van der Waals surface area contributed by atoms with Gasteiger partial charge in [0, 0.05) is 27.7 Å². The van der Waals surface area contributed by atoms with Gasteiger partial charge in [-0.15, -0.1) is 0 Å². The molecule has 0 bridgehead atoms. The fourth-order valence-corrected chi connectivity index (χ4v) is 3.14.